The van der Waals surface area contributed by atoms with Crippen LogP contribution < -0.4 is 10.2 Å². The van der Waals surface area contributed by atoms with Crippen LogP contribution in [0.15, 0.2) is 60.9 Å². The molecule has 0 aliphatic carbocycles. The highest BCUT2D eigenvalue weighted by atomic mass is 19.1. The highest BCUT2D eigenvalue weighted by Gasteiger charge is 2.28. The number of anilines is 2. The van der Waals surface area contributed by atoms with E-state index in [9.17, 15) is 9.18 Å². The lowest BCUT2D eigenvalue weighted by atomic mass is 10.1. The highest BCUT2D eigenvalue weighted by molar-refractivity contribution is 5.93. The van der Waals surface area contributed by atoms with Gasteiger partial charge in [0.15, 0.2) is 0 Å². The van der Waals surface area contributed by atoms with Crippen molar-refractivity contribution >= 4 is 17.4 Å². The van der Waals surface area contributed by atoms with Crippen molar-refractivity contribution in [3.05, 3.63) is 83.6 Å². The maximum absolute atomic E-state index is 13.0. The minimum atomic E-state index is -0.265. The molecule has 0 radical (unpaired) electrons. The molecule has 0 bridgehead atoms. The number of rotatable bonds is 5. The molecule has 1 aliphatic heterocycles. The lowest BCUT2D eigenvalue weighted by Gasteiger charge is -2.23. The molecule has 0 fully saturated rings. The lowest BCUT2D eigenvalue weighted by molar-refractivity contribution is 0.0949. The molecule has 142 valence electrons. The summed E-state index contributed by atoms with van der Waals surface area (Å²) in [5.41, 5.74) is 3.70. The van der Waals surface area contributed by atoms with Gasteiger partial charge in [0.1, 0.15) is 23.7 Å². The number of amides is 1. The second-order valence-electron chi connectivity index (χ2n) is 6.95. The number of halogens is 1. The third kappa shape index (κ3) is 3.71. The van der Waals surface area contributed by atoms with Gasteiger partial charge >= 0.3 is 0 Å². The molecule has 0 saturated carbocycles. The third-order valence-corrected chi connectivity index (χ3v) is 4.95. The Bertz CT molecular complexity index is 990. The topological polar surface area (TPSA) is 58.1 Å². The van der Waals surface area contributed by atoms with Gasteiger partial charge in [0, 0.05) is 24.3 Å². The van der Waals surface area contributed by atoms with Gasteiger partial charge in [-0.1, -0.05) is 30.3 Å². The number of hydrogen-bond donors (Lipinski definition) is 1. The van der Waals surface area contributed by atoms with Crippen LogP contribution in [0.25, 0.3) is 0 Å². The lowest BCUT2D eigenvalue weighted by Crippen LogP contribution is -2.28. The van der Waals surface area contributed by atoms with E-state index >= 15 is 0 Å². The summed E-state index contributed by atoms with van der Waals surface area (Å²) < 4.78 is 13.0. The number of aromatic nitrogens is 2. The van der Waals surface area contributed by atoms with Crippen molar-refractivity contribution in [1.29, 1.82) is 0 Å². The van der Waals surface area contributed by atoms with Crippen molar-refractivity contribution in [1.82, 2.24) is 15.3 Å². The van der Waals surface area contributed by atoms with Gasteiger partial charge in [0.2, 0.25) is 0 Å². The summed E-state index contributed by atoms with van der Waals surface area (Å²) in [5, 5.41) is 2.87. The Kier molecular flexibility index (Phi) is 5.02. The molecule has 0 spiro atoms. The summed E-state index contributed by atoms with van der Waals surface area (Å²) in [6, 6.07) is 16.5. The fourth-order valence-electron chi connectivity index (χ4n) is 3.58. The van der Waals surface area contributed by atoms with Crippen molar-refractivity contribution in [3.8, 4) is 0 Å². The van der Waals surface area contributed by atoms with Crippen molar-refractivity contribution in [3.63, 3.8) is 0 Å². The van der Waals surface area contributed by atoms with Crippen LogP contribution in [0, 0.1) is 5.82 Å². The van der Waals surface area contributed by atoms with E-state index in [4.69, 9.17) is 0 Å². The molecule has 3 aromatic rings. The van der Waals surface area contributed by atoms with E-state index in [0.29, 0.717) is 18.7 Å². The quantitative estimate of drug-likeness (QED) is 0.738. The largest absolute Gasteiger partial charge is 0.350 e. The molecule has 4 rings (SSSR count). The van der Waals surface area contributed by atoms with Gasteiger partial charge < -0.3 is 10.2 Å². The summed E-state index contributed by atoms with van der Waals surface area (Å²) in [6.45, 7) is 2.59. The number of carbonyl (C=O) groups is 1. The molecule has 1 aromatic heterocycles. The molecule has 0 saturated heterocycles. The van der Waals surface area contributed by atoms with Crippen LogP contribution in [-0.2, 0) is 12.8 Å². The number of hydrogen-bond acceptors (Lipinski definition) is 4. The molecular formula is C22H21FN4O. The zero-order valence-electron chi connectivity index (χ0n) is 15.6. The predicted octanol–water partition coefficient (Wildman–Crippen LogP) is 3.67. The first-order valence-corrected chi connectivity index (χ1v) is 9.33. The molecule has 1 atom stereocenters. The van der Waals surface area contributed by atoms with Crippen LogP contribution in [0.5, 0.6) is 0 Å². The van der Waals surface area contributed by atoms with Gasteiger partial charge in [-0.25, -0.2) is 14.4 Å². The van der Waals surface area contributed by atoms with E-state index in [-0.39, 0.29) is 17.8 Å². The molecule has 28 heavy (non-hydrogen) atoms. The standard InChI is InChI=1S/C22H21FN4O/c1-15-12-17-4-2-3-5-20(17)27(15)21-13-19(25-14-26-21)22(28)24-11-10-16-6-8-18(23)9-7-16/h2-9,13-15H,10-12H2,1H3,(H,24,28). The van der Waals surface area contributed by atoms with Crippen molar-refractivity contribution in [2.45, 2.75) is 25.8 Å². The zero-order chi connectivity index (χ0) is 19.5. The van der Waals surface area contributed by atoms with E-state index < -0.39 is 0 Å². The maximum atomic E-state index is 13.0. The van der Waals surface area contributed by atoms with Gasteiger partial charge in [-0.2, -0.15) is 0 Å². The van der Waals surface area contributed by atoms with Gasteiger partial charge in [-0.05, 0) is 49.1 Å². The summed E-state index contributed by atoms with van der Waals surface area (Å²) in [6.07, 6.45) is 3.00. The average molecular weight is 376 g/mol. The Labute approximate surface area is 163 Å². The minimum absolute atomic E-state index is 0.245. The fourth-order valence-corrected chi connectivity index (χ4v) is 3.58. The summed E-state index contributed by atoms with van der Waals surface area (Å²) in [4.78, 5) is 23.2. The molecule has 1 aliphatic rings. The minimum Gasteiger partial charge on any atom is -0.350 e. The summed E-state index contributed by atoms with van der Waals surface area (Å²) in [7, 11) is 0. The zero-order valence-corrected chi connectivity index (χ0v) is 15.6. The number of nitrogens with one attached hydrogen (secondary N) is 1. The van der Waals surface area contributed by atoms with Gasteiger partial charge in [0.05, 0.1) is 0 Å². The first-order chi connectivity index (χ1) is 13.6. The normalized spacial score (nSPS) is 15.4. The van der Waals surface area contributed by atoms with Crippen LogP contribution in [0.1, 0.15) is 28.5 Å². The van der Waals surface area contributed by atoms with Crippen molar-refractivity contribution in [2.75, 3.05) is 11.4 Å². The van der Waals surface area contributed by atoms with E-state index in [0.717, 1.165) is 23.5 Å². The Morgan fingerprint density at radius 2 is 1.96 bits per heavy atom. The van der Waals surface area contributed by atoms with E-state index in [1.165, 1.54) is 24.0 Å². The summed E-state index contributed by atoms with van der Waals surface area (Å²) in [5.74, 6) is 0.209. The van der Waals surface area contributed by atoms with Gasteiger partial charge in [0.25, 0.3) is 5.91 Å². The SMILES string of the molecule is CC1Cc2ccccc2N1c1cc(C(=O)NCCc2ccc(F)cc2)ncn1. The van der Waals surface area contributed by atoms with Crippen LogP contribution in [-0.4, -0.2) is 28.5 Å². The van der Waals surface area contributed by atoms with Crippen LogP contribution in [0.3, 0.4) is 0 Å². The molecule has 6 heteroatoms. The molecule has 1 amide bonds. The predicted molar refractivity (Wildman–Crippen MR) is 106 cm³/mol. The molecule has 1 N–H and O–H groups in total. The second-order valence-corrected chi connectivity index (χ2v) is 6.95. The molecular weight excluding hydrogens is 355 g/mol. The number of fused-ring (bicyclic) bond motifs is 1. The average Bonchev–Trinajstić information content (AvgIpc) is 3.05. The smallest absolute Gasteiger partial charge is 0.270 e. The van der Waals surface area contributed by atoms with Crippen molar-refractivity contribution < 1.29 is 9.18 Å². The molecule has 2 aromatic carbocycles. The Balaban J connectivity index is 1.45. The van der Waals surface area contributed by atoms with E-state index in [1.807, 2.05) is 12.1 Å². The second kappa shape index (κ2) is 7.76. The van der Waals surface area contributed by atoms with Crippen LogP contribution in [0.4, 0.5) is 15.9 Å². The van der Waals surface area contributed by atoms with Gasteiger partial charge in [-0.15, -0.1) is 0 Å². The van der Waals surface area contributed by atoms with Crippen LogP contribution >= 0.6 is 0 Å². The fraction of sp³-hybridized carbons (Fsp3) is 0.227. The summed E-state index contributed by atoms with van der Waals surface area (Å²) >= 11 is 0. The van der Waals surface area contributed by atoms with Crippen LogP contribution in [0.2, 0.25) is 0 Å². The van der Waals surface area contributed by atoms with E-state index in [2.05, 4.69) is 39.2 Å². The molecule has 5 nitrogen and oxygen atoms in total. The van der Waals surface area contributed by atoms with Gasteiger partial charge in [-0.3, -0.25) is 4.79 Å². The first-order valence-electron chi connectivity index (χ1n) is 9.33. The van der Waals surface area contributed by atoms with E-state index in [1.54, 1.807) is 18.2 Å². The Hall–Kier alpha value is -3.28. The highest BCUT2D eigenvalue weighted by Crippen LogP contribution is 2.36. The number of nitrogens with zero attached hydrogens (tertiary/aromatic N) is 3. The first kappa shape index (κ1) is 18.1. The number of carbonyl (C=O) groups excluding carboxylic acids is 1. The molecule has 2 heterocycles. The third-order valence-electron chi connectivity index (χ3n) is 4.95. The maximum Gasteiger partial charge on any atom is 0.270 e. The molecule has 1 unspecified atom stereocenters. The Morgan fingerprint density at radius 1 is 1.18 bits per heavy atom. The number of para-hydroxylation sites is 1. The Morgan fingerprint density at radius 3 is 2.79 bits per heavy atom. The monoisotopic (exact) mass is 376 g/mol. The number of benzene rings is 2. The van der Waals surface area contributed by atoms with Crippen molar-refractivity contribution in [2.24, 2.45) is 0 Å².